The van der Waals surface area contributed by atoms with Gasteiger partial charge in [-0.25, -0.2) is 0 Å². The fraction of sp³-hybridized carbons (Fsp3) is 0.200. The van der Waals surface area contributed by atoms with Gasteiger partial charge in [-0.15, -0.1) is 0 Å². The Morgan fingerprint density at radius 3 is 1.69 bits per heavy atom. The second kappa shape index (κ2) is 12.8. The van der Waals surface area contributed by atoms with E-state index in [0.29, 0.717) is 16.1 Å². The number of phenolic OH excluding ortho intramolecular Hbond substituents is 1. The predicted molar refractivity (Wildman–Crippen MR) is 151 cm³/mol. The van der Waals surface area contributed by atoms with E-state index < -0.39 is 7.26 Å². The van der Waals surface area contributed by atoms with Gasteiger partial charge in [0.1, 0.15) is 44.4 Å². The molecule has 184 valence electrons. The first kappa shape index (κ1) is 26.1. The quantitative estimate of drug-likeness (QED) is 0.131. The van der Waals surface area contributed by atoms with Crippen LogP contribution in [0.15, 0.2) is 109 Å². The number of benzene rings is 4. The number of aromatic hydroxyl groups is 1. The van der Waals surface area contributed by atoms with Gasteiger partial charge in [0.25, 0.3) is 0 Å². The molecule has 0 bridgehead atoms. The third kappa shape index (κ3) is 5.71. The van der Waals surface area contributed by atoms with Crippen LogP contribution in [0.3, 0.4) is 0 Å². The Kier molecular flexibility index (Phi) is 9.32. The molecule has 4 aromatic rings. The highest BCUT2D eigenvalue weighted by atomic mass is 31.2. The topological polar surface area (TPSA) is 47.9 Å². The van der Waals surface area contributed by atoms with Crippen LogP contribution in [-0.4, -0.2) is 41.4 Å². The Labute approximate surface area is 217 Å². The number of ether oxygens (including phenoxy) is 3. The van der Waals surface area contributed by atoms with Crippen LogP contribution in [0.1, 0.15) is 6.42 Å². The molecule has 2 radical (unpaired) electrons. The summed E-state index contributed by atoms with van der Waals surface area (Å²) in [4.78, 5) is 0. The van der Waals surface area contributed by atoms with Crippen molar-refractivity contribution in [3.63, 3.8) is 0 Å². The van der Waals surface area contributed by atoms with Crippen molar-refractivity contribution < 1.29 is 19.3 Å². The maximum atomic E-state index is 10.7. The molecule has 0 heterocycles. The lowest BCUT2D eigenvalue weighted by atomic mass is 10.3. The smallest absolute Gasteiger partial charge is 0.162 e. The van der Waals surface area contributed by atoms with Crippen LogP contribution in [-0.2, 0) is 9.47 Å². The van der Waals surface area contributed by atoms with E-state index in [0.717, 1.165) is 23.5 Å². The third-order valence-corrected chi connectivity index (χ3v) is 11.8. The van der Waals surface area contributed by atoms with Crippen molar-refractivity contribution in [2.45, 2.75) is 18.4 Å². The van der Waals surface area contributed by atoms with E-state index >= 15 is 0 Å². The van der Waals surface area contributed by atoms with Gasteiger partial charge in [0.05, 0.1) is 6.61 Å². The lowest BCUT2D eigenvalue weighted by molar-refractivity contribution is -0.0441. The fourth-order valence-electron chi connectivity index (χ4n) is 4.45. The van der Waals surface area contributed by atoms with Gasteiger partial charge in [0, 0.05) is 20.3 Å². The highest BCUT2D eigenvalue weighted by Crippen LogP contribution is 2.56. The minimum atomic E-state index is -2.37. The van der Waals surface area contributed by atoms with E-state index in [4.69, 9.17) is 14.2 Å². The van der Waals surface area contributed by atoms with Crippen LogP contribution >= 0.6 is 7.26 Å². The number of methoxy groups -OCH3 is 2. The first-order chi connectivity index (χ1) is 17.7. The van der Waals surface area contributed by atoms with Gasteiger partial charge in [0.2, 0.25) is 0 Å². The third-order valence-electron chi connectivity index (χ3n) is 6.05. The molecule has 6 heteroatoms. The first-order valence-corrected chi connectivity index (χ1v) is 15.1. The van der Waals surface area contributed by atoms with Crippen molar-refractivity contribution in [3.05, 3.63) is 109 Å². The molecule has 0 unspecified atom stereocenters. The maximum absolute atomic E-state index is 10.7. The summed E-state index contributed by atoms with van der Waals surface area (Å²) in [6, 6.07) is 38.3. The molecule has 4 rings (SSSR count). The van der Waals surface area contributed by atoms with E-state index in [1.165, 1.54) is 15.9 Å². The number of phenols is 1. The molecule has 0 aliphatic rings. The molecule has 0 fully saturated rings. The highest BCUT2D eigenvalue weighted by Gasteiger charge is 2.50. The summed E-state index contributed by atoms with van der Waals surface area (Å²) in [6.07, 6.45) is 0.884. The van der Waals surface area contributed by atoms with Gasteiger partial charge in [-0.05, 0) is 55.0 Å². The molecule has 1 N–H and O–H groups in total. The zero-order valence-electron chi connectivity index (χ0n) is 20.7. The lowest BCUT2D eigenvalue weighted by Crippen LogP contribution is -2.39. The second-order valence-corrected chi connectivity index (χ2v) is 13.0. The van der Waals surface area contributed by atoms with Crippen LogP contribution in [0.5, 0.6) is 11.5 Å². The van der Waals surface area contributed by atoms with Crippen molar-refractivity contribution in [1.29, 1.82) is 0 Å². The summed E-state index contributed by atoms with van der Waals surface area (Å²) < 4.78 is 17.1. The Morgan fingerprint density at radius 2 is 1.22 bits per heavy atom. The molecule has 0 spiro atoms. The number of hydrogen-bond acceptors (Lipinski definition) is 4. The molecule has 4 nitrogen and oxygen atoms in total. The van der Waals surface area contributed by atoms with E-state index in [1.807, 2.05) is 30.3 Å². The van der Waals surface area contributed by atoms with Crippen molar-refractivity contribution in [1.82, 2.24) is 0 Å². The number of hydrogen-bond donors (Lipinski definition) is 1. The van der Waals surface area contributed by atoms with Gasteiger partial charge in [-0.2, -0.15) is 0 Å². The zero-order valence-corrected chi connectivity index (χ0v) is 22.6. The second-order valence-electron chi connectivity index (χ2n) is 8.29. The molecule has 4 aromatic carbocycles. The summed E-state index contributed by atoms with van der Waals surface area (Å²) in [6.45, 7) is 0.573. The molecule has 0 aromatic heterocycles. The first-order valence-electron chi connectivity index (χ1n) is 12.0. The van der Waals surface area contributed by atoms with Crippen molar-refractivity contribution in [2.24, 2.45) is 0 Å². The van der Waals surface area contributed by atoms with E-state index in [1.54, 1.807) is 20.3 Å². The summed E-state index contributed by atoms with van der Waals surface area (Å²) in [5.74, 6) is 0.868. The Hall–Kier alpha value is -2.95. The molecular weight excluding hydrogens is 483 g/mol. The molecule has 36 heavy (non-hydrogen) atoms. The average molecular weight is 516 g/mol. The minimum Gasteiger partial charge on any atom is -0.508 e. The highest BCUT2D eigenvalue weighted by molar-refractivity contribution is 8.01. The molecular formula is C30H32O4PSi+. The summed E-state index contributed by atoms with van der Waals surface area (Å²) in [5, 5.41) is 15.3. The standard InChI is InChI=1S/C30H31O4PSi/c1-32-30(33-2)36-22-12-21-34-28-20-19-24(31)23-29(28)35(25-13-6-3-7-14-25,26-15-8-4-9-16-26)27-17-10-5-11-18-27/h3-11,13-20,23,30H,12,21-22H2,1-2H3/p+1. The van der Waals surface area contributed by atoms with Crippen LogP contribution in [0.2, 0.25) is 6.04 Å². The summed E-state index contributed by atoms with van der Waals surface area (Å²) in [5.41, 5.74) is 0. The van der Waals surface area contributed by atoms with Crippen LogP contribution in [0.25, 0.3) is 0 Å². The molecule has 0 aliphatic carbocycles. The van der Waals surface area contributed by atoms with Crippen LogP contribution < -0.4 is 26.0 Å². The van der Waals surface area contributed by atoms with Crippen LogP contribution in [0.4, 0.5) is 0 Å². The Balaban J connectivity index is 1.81. The molecule has 0 amide bonds. The van der Waals surface area contributed by atoms with E-state index in [2.05, 4.69) is 72.8 Å². The maximum Gasteiger partial charge on any atom is 0.162 e. The van der Waals surface area contributed by atoms with Gasteiger partial charge < -0.3 is 19.3 Å². The average Bonchev–Trinajstić information content (AvgIpc) is 2.94. The molecule has 0 atom stereocenters. The molecule has 0 saturated heterocycles. The normalized spacial score (nSPS) is 11.5. The minimum absolute atomic E-state index is 0.165. The Bertz CT molecular complexity index is 1100. The largest absolute Gasteiger partial charge is 0.508 e. The van der Waals surface area contributed by atoms with Gasteiger partial charge in [0.15, 0.2) is 11.1 Å². The van der Waals surface area contributed by atoms with E-state index in [9.17, 15) is 5.11 Å². The lowest BCUT2D eigenvalue weighted by Gasteiger charge is -2.29. The Morgan fingerprint density at radius 1 is 0.722 bits per heavy atom. The zero-order chi connectivity index (χ0) is 25.2. The summed E-state index contributed by atoms with van der Waals surface area (Å²) >= 11 is 0. The SMILES string of the molecule is COC(OC)[Si]CCCOc1ccc(O)cc1[P+](c1ccccc1)(c1ccccc1)c1ccccc1. The summed E-state index contributed by atoms with van der Waals surface area (Å²) in [7, 11) is 1.51. The van der Waals surface area contributed by atoms with Crippen molar-refractivity contribution >= 4 is 38.0 Å². The van der Waals surface area contributed by atoms with Crippen molar-refractivity contribution in [3.8, 4) is 11.5 Å². The van der Waals surface area contributed by atoms with Crippen molar-refractivity contribution in [2.75, 3.05) is 20.8 Å². The van der Waals surface area contributed by atoms with Gasteiger partial charge >= 0.3 is 0 Å². The van der Waals surface area contributed by atoms with E-state index in [-0.39, 0.29) is 11.7 Å². The molecule has 0 aliphatic heterocycles. The fourth-order valence-corrected chi connectivity index (χ4v) is 9.75. The van der Waals surface area contributed by atoms with Gasteiger partial charge in [-0.3, -0.25) is 0 Å². The monoisotopic (exact) mass is 515 g/mol. The van der Waals surface area contributed by atoms with Gasteiger partial charge in [-0.1, -0.05) is 60.6 Å². The van der Waals surface area contributed by atoms with Crippen LogP contribution in [0, 0.1) is 0 Å². The molecule has 0 saturated carbocycles. The number of rotatable bonds is 12. The predicted octanol–water partition coefficient (Wildman–Crippen LogP) is 4.48.